The number of rotatable bonds is 1. The minimum absolute atomic E-state index is 0.366. The molecular weight excluding hydrogens is 254 g/mol. The van der Waals surface area contributed by atoms with Crippen molar-refractivity contribution >= 4 is 29.1 Å². The Labute approximate surface area is 109 Å². The van der Waals surface area contributed by atoms with Crippen molar-refractivity contribution in [1.29, 1.82) is 0 Å². The van der Waals surface area contributed by atoms with E-state index in [1.165, 1.54) is 6.07 Å². The molecule has 1 aromatic carbocycles. The summed E-state index contributed by atoms with van der Waals surface area (Å²) in [6, 6.07) is 4.82. The monoisotopic (exact) mass is 265 g/mol. The van der Waals surface area contributed by atoms with Crippen molar-refractivity contribution in [2.75, 3.05) is 0 Å². The number of Topliss-reactive ketones (excluding diaryl/α,β-unsaturated/α-hetero) is 1. The first kappa shape index (κ1) is 12.6. The Morgan fingerprint density at radius 3 is 2.56 bits per heavy atom. The van der Waals surface area contributed by atoms with Gasteiger partial charge in [0.2, 0.25) is 0 Å². The zero-order chi connectivity index (χ0) is 13.7. The highest BCUT2D eigenvalue weighted by molar-refractivity contribution is 6.31. The van der Waals surface area contributed by atoms with Gasteiger partial charge in [0.1, 0.15) is 11.3 Å². The van der Waals surface area contributed by atoms with Crippen LogP contribution in [0.25, 0.3) is 5.76 Å². The van der Waals surface area contributed by atoms with Crippen LogP contribution in [0.15, 0.2) is 23.8 Å². The average molecular weight is 266 g/mol. The van der Waals surface area contributed by atoms with Crippen molar-refractivity contribution in [3.05, 3.63) is 39.9 Å². The number of halogens is 1. The fraction of sp³-hybridized carbons (Fsp3) is 0.231. The second kappa shape index (κ2) is 3.85. The van der Waals surface area contributed by atoms with Crippen LogP contribution in [-0.4, -0.2) is 16.8 Å². The lowest BCUT2D eigenvalue weighted by Gasteiger charge is -2.31. The summed E-state index contributed by atoms with van der Waals surface area (Å²) in [6.07, 6.45) is 0. The number of aliphatic hydroxyl groups excluding tert-OH is 1. The highest BCUT2D eigenvalue weighted by Gasteiger charge is 2.42. The van der Waals surface area contributed by atoms with Crippen LogP contribution in [0.5, 0.6) is 0 Å². The van der Waals surface area contributed by atoms with Crippen molar-refractivity contribution in [1.82, 2.24) is 0 Å². The normalized spacial score (nSPS) is 17.6. The van der Waals surface area contributed by atoms with Gasteiger partial charge in [0.05, 0.1) is 5.41 Å². The minimum Gasteiger partial charge on any atom is -0.506 e. The van der Waals surface area contributed by atoms with Gasteiger partial charge >= 0.3 is 0 Å². The zero-order valence-electron chi connectivity index (χ0n) is 9.95. The number of benzene rings is 1. The number of hydrogen-bond acceptors (Lipinski definition) is 3. The molecule has 1 aromatic rings. The van der Waals surface area contributed by atoms with Crippen molar-refractivity contribution in [2.24, 2.45) is 5.73 Å². The van der Waals surface area contributed by atoms with Gasteiger partial charge in [0, 0.05) is 10.6 Å². The van der Waals surface area contributed by atoms with Crippen molar-refractivity contribution in [3.8, 4) is 0 Å². The average Bonchev–Trinajstić information content (AvgIpc) is 2.26. The highest BCUT2D eigenvalue weighted by Crippen LogP contribution is 2.40. The largest absolute Gasteiger partial charge is 0.506 e. The lowest BCUT2D eigenvalue weighted by Crippen LogP contribution is -2.39. The van der Waals surface area contributed by atoms with Gasteiger partial charge in [-0.1, -0.05) is 17.7 Å². The van der Waals surface area contributed by atoms with Gasteiger partial charge in [-0.3, -0.25) is 9.59 Å². The second-order valence-electron chi connectivity index (χ2n) is 4.73. The van der Waals surface area contributed by atoms with Crippen LogP contribution in [-0.2, 0) is 15.0 Å². The summed E-state index contributed by atoms with van der Waals surface area (Å²) >= 11 is 5.86. The Morgan fingerprint density at radius 1 is 1.39 bits per heavy atom. The number of hydrogen-bond donors (Lipinski definition) is 2. The Hall–Kier alpha value is -1.81. The molecule has 0 unspecified atom stereocenters. The van der Waals surface area contributed by atoms with Crippen LogP contribution in [0.2, 0.25) is 5.02 Å². The molecule has 0 saturated carbocycles. The summed E-state index contributed by atoms with van der Waals surface area (Å²) in [5.74, 6) is -1.82. The van der Waals surface area contributed by atoms with Gasteiger partial charge in [0.25, 0.3) is 5.91 Å². The SMILES string of the molecule is CC1(C)C(=O)C(C(N)=O)=C(O)c2cc(Cl)ccc21. The van der Waals surface area contributed by atoms with Gasteiger partial charge in [-0.2, -0.15) is 0 Å². The topological polar surface area (TPSA) is 80.4 Å². The van der Waals surface area contributed by atoms with Crippen LogP contribution < -0.4 is 5.73 Å². The quantitative estimate of drug-likeness (QED) is 0.762. The molecule has 0 saturated heterocycles. The first-order valence-corrected chi connectivity index (χ1v) is 5.73. The van der Waals surface area contributed by atoms with Gasteiger partial charge in [-0.15, -0.1) is 0 Å². The lowest BCUT2D eigenvalue weighted by atomic mass is 9.71. The van der Waals surface area contributed by atoms with Gasteiger partial charge in [-0.05, 0) is 31.5 Å². The molecule has 5 heteroatoms. The Kier molecular flexibility index (Phi) is 2.70. The molecule has 1 aliphatic carbocycles. The van der Waals surface area contributed by atoms with E-state index in [-0.39, 0.29) is 5.57 Å². The predicted octanol–water partition coefficient (Wildman–Crippen LogP) is 1.95. The maximum absolute atomic E-state index is 12.2. The van der Waals surface area contributed by atoms with Crippen molar-refractivity contribution in [2.45, 2.75) is 19.3 Å². The number of aliphatic hydroxyl groups is 1. The molecule has 0 aliphatic heterocycles. The van der Waals surface area contributed by atoms with Crippen LogP contribution in [0.1, 0.15) is 25.0 Å². The van der Waals surface area contributed by atoms with E-state index in [1.54, 1.807) is 26.0 Å². The lowest BCUT2D eigenvalue weighted by molar-refractivity contribution is -0.124. The fourth-order valence-corrected chi connectivity index (χ4v) is 2.34. The Morgan fingerprint density at radius 2 is 2.00 bits per heavy atom. The van der Waals surface area contributed by atoms with E-state index < -0.39 is 22.9 Å². The molecule has 0 atom stereocenters. The highest BCUT2D eigenvalue weighted by atomic mass is 35.5. The second-order valence-corrected chi connectivity index (χ2v) is 5.17. The number of carbonyl (C=O) groups is 2. The number of carbonyl (C=O) groups excluding carboxylic acids is 2. The molecule has 2 rings (SSSR count). The molecular formula is C13H12ClNO3. The molecule has 3 N–H and O–H groups in total. The summed E-state index contributed by atoms with van der Waals surface area (Å²) in [5, 5.41) is 10.4. The van der Waals surface area contributed by atoms with E-state index >= 15 is 0 Å². The summed E-state index contributed by atoms with van der Waals surface area (Å²) in [4.78, 5) is 23.5. The van der Waals surface area contributed by atoms with E-state index in [1.807, 2.05) is 0 Å². The van der Waals surface area contributed by atoms with E-state index in [4.69, 9.17) is 17.3 Å². The van der Waals surface area contributed by atoms with Crippen molar-refractivity contribution < 1.29 is 14.7 Å². The number of amides is 1. The molecule has 1 amide bonds. The number of nitrogens with two attached hydrogens (primary N) is 1. The molecule has 0 bridgehead atoms. The first-order chi connectivity index (χ1) is 8.26. The third-order valence-corrected chi connectivity index (χ3v) is 3.42. The molecule has 0 heterocycles. The standard InChI is InChI=1S/C13H12ClNO3/c1-13(2)8-4-3-6(14)5-7(8)10(16)9(11(13)17)12(15)18/h3-5,16H,1-2H3,(H2,15,18). The van der Waals surface area contributed by atoms with Crippen LogP contribution in [0.3, 0.4) is 0 Å². The molecule has 0 radical (unpaired) electrons. The maximum atomic E-state index is 12.2. The summed E-state index contributed by atoms with van der Waals surface area (Å²) in [7, 11) is 0. The predicted molar refractivity (Wildman–Crippen MR) is 68.2 cm³/mol. The van der Waals surface area contributed by atoms with Crippen molar-refractivity contribution in [3.63, 3.8) is 0 Å². The van der Waals surface area contributed by atoms with Gasteiger partial charge in [-0.25, -0.2) is 0 Å². The van der Waals surface area contributed by atoms with E-state index in [2.05, 4.69) is 0 Å². The fourth-order valence-electron chi connectivity index (χ4n) is 2.16. The number of primary amides is 1. The molecule has 0 aromatic heterocycles. The van der Waals surface area contributed by atoms with E-state index in [9.17, 15) is 14.7 Å². The smallest absolute Gasteiger partial charge is 0.256 e. The van der Waals surface area contributed by atoms with Gasteiger partial charge in [0.15, 0.2) is 5.78 Å². The summed E-state index contributed by atoms with van der Waals surface area (Å²) in [5.41, 5.74) is 4.87. The Bertz CT molecular complexity index is 602. The zero-order valence-corrected chi connectivity index (χ0v) is 10.7. The third-order valence-electron chi connectivity index (χ3n) is 3.19. The first-order valence-electron chi connectivity index (χ1n) is 5.35. The maximum Gasteiger partial charge on any atom is 0.256 e. The van der Waals surface area contributed by atoms with Gasteiger partial charge < -0.3 is 10.8 Å². The molecule has 0 spiro atoms. The number of fused-ring (bicyclic) bond motifs is 1. The van der Waals surface area contributed by atoms with E-state index in [0.29, 0.717) is 16.1 Å². The molecule has 1 aliphatic rings. The molecule has 0 fully saturated rings. The number of ketones is 1. The summed E-state index contributed by atoms with van der Waals surface area (Å²) < 4.78 is 0. The molecule has 18 heavy (non-hydrogen) atoms. The summed E-state index contributed by atoms with van der Waals surface area (Å²) in [6.45, 7) is 3.36. The van der Waals surface area contributed by atoms with Crippen LogP contribution in [0, 0.1) is 0 Å². The Balaban J connectivity index is 2.84. The van der Waals surface area contributed by atoms with E-state index in [0.717, 1.165) is 0 Å². The van der Waals surface area contributed by atoms with Crippen LogP contribution in [0.4, 0.5) is 0 Å². The van der Waals surface area contributed by atoms with Crippen LogP contribution >= 0.6 is 11.6 Å². The minimum atomic E-state index is -0.934. The molecule has 94 valence electrons. The third kappa shape index (κ3) is 1.61. The molecule has 4 nitrogen and oxygen atoms in total.